The van der Waals surface area contributed by atoms with Crippen molar-refractivity contribution in [2.75, 3.05) is 31.6 Å². The first-order chi connectivity index (χ1) is 28.1. The number of esters is 3. The Labute approximate surface area is 343 Å². The van der Waals surface area contributed by atoms with Gasteiger partial charge in [0.2, 0.25) is 5.43 Å². The average molecular weight is 815 g/mol. The molecule has 0 N–H and O–H groups in total. The number of hydrogen-bond donors (Lipinski definition) is 0. The molecule has 1 saturated carbocycles. The number of carbonyl (C=O) groups is 4. The summed E-state index contributed by atoms with van der Waals surface area (Å²) in [5.41, 5.74) is -0.674. The van der Waals surface area contributed by atoms with Gasteiger partial charge >= 0.3 is 24.0 Å². The van der Waals surface area contributed by atoms with Gasteiger partial charge in [0.25, 0.3) is 0 Å². The number of carbonyl (C=O) groups excluding carboxylic acids is 4. The summed E-state index contributed by atoms with van der Waals surface area (Å²) < 4.78 is 46.5. The predicted molar refractivity (Wildman–Crippen MR) is 216 cm³/mol. The van der Waals surface area contributed by atoms with E-state index in [1.807, 2.05) is 6.92 Å². The molecule has 15 heteroatoms. The van der Waals surface area contributed by atoms with Gasteiger partial charge in [0.1, 0.15) is 30.1 Å². The van der Waals surface area contributed by atoms with Crippen molar-refractivity contribution in [3.05, 3.63) is 56.9 Å². The van der Waals surface area contributed by atoms with E-state index in [1.165, 1.54) is 19.5 Å². The van der Waals surface area contributed by atoms with E-state index in [1.54, 1.807) is 42.1 Å². The van der Waals surface area contributed by atoms with Gasteiger partial charge in [-0.25, -0.2) is 14.0 Å². The summed E-state index contributed by atoms with van der Waals surface area (Å²) in [6.45, 7) is 8.91. The molecule has 14 nitrogen and oxygen atoms in total. The minimum atomic E-state index is -1.06. The summed E-state index contributed by atoms with van der Waals surface area (Å²) in [7, 11) is 1.39. The molecule has 0 spiro atoms. The average Bonchev–Trinajstić information content (AvgIpc) is 4.02. The third-order valence-corrected chi connectivity index (χ3v) is 9.90. The van der Waals surface area contributed by atoms with Crippen LogP contribution >= 0.6 is 0 Å². The van der Waals surface area contributed by atoms with Crippen molar-refractivity contribution in [1.29, 1.82) is 0 Å². The van der Waals surface area contributed by atoms with Crippen LogP contribution in [-0.4, -0.2) is 76.8 Å². The smallest absolute Gasteiger partial charge is 0.410 e. The van der Waals surface area contributed by atoms with Crippen LogP contribution in [0.15, 0.2) is 23.3 Å². The Kier molecular flexibility index (Phi) is 14.3. The number of aryl methyl sites for hydroxylation is 1. The van der Waals surface area contributed by atoms with E-state index in [4.69, 9.17) is 36.5 Å². The molecule has 5 rings (SSSR count). The van der Waals surface area contributed by atoms with Crippen molar-refractivity contribution in [1.82, 2.24) is 14.5 Å². The minimum Gasteiger partial charge on any atom is -0.492 e. The largest absolute Gasteiger partial charge is 0.492 e. The molecule has 1 saturated heterocycles. The third-order valence-electron chi connectivity index (χ3n) is 9.90. The predicted octanol–water partition coefficient (Wildman–Crippen LogP) is 6.55. The number of halogens is 1. The van der Waals surface area contributed by atoms with Crippen molar-refractivity contribution in [2.24, 2.45) is 0 Å². The Morgan fingerprint density at radius 1 is 0.983 bits per heavy atom. The molecular weight excluding hydrogens is 764 g/mol. The van der Waals surface area contributed by atoms with E-state index in [0.29, 0.717) is 36.8 Å². The third kappa shape index (κ3) is 10.7. The number of amides is 1. The van der Waals surface area contributed by atoms with Crippen LogP contribution in [0.1, 0.15) is 112 Å². The molecule has 3 heterocycles. The number of hydrogen-bond acceptors (Lipinski definition) is 12. The molecule has 1 unspecified atom stereocenters. The molecule has 0 radical (unpaired) electrons. The van der Waals surface area contributed by atoms with Gasteiger partial charge in [0, 0.05) is 80.9 Å². The molecule has 2 fully saturated rings. The van der Waals surface area contributed by atoms with Crippen molar-refractivity contribution >= 4 is 40.6 Å². The topological polar surface area (TPSA) is 156 Å². The Bertz CT molecular complexity index is 2250. The summed E-state index contributed by atoms with van der Waals surface area (Å²) in [5, 5.41) is -0.0913. The summed E-state index contributed by atoms with van der Waals surface area (Å²) in [6.07, 6.45) is 16.2. The maximum atomic E-state index is 16.4. The van der Waals surface area contributed by atoms with Gasteiger partial charge in [-0.3, -0.25) is 19.4 Å². The number of nitrogens with zero attached hydrogens (tertiary/aromatic N) is 4. The Hall–Kier alpha value is -6.09. The summed E-state index contributed by atoms with van der Waals surface area (Å²) >= 11 is 0. The van der Waals surface area contributed by atoms with Gasteiger partial charge in [-0.2, -0.15) is 0 Å². The zero-order chi connectivity index (χ0) is 43.0. The Morgan fingerprint density at radius 3 is 2.20 bits per heavy atom. The molecule has 3 aromatic rings. The minimum absolute atomic E-state index is 0.0454. The number of anilines is 1. The fraction of sp³-hybridized carbons (Fsp3) is 0.500. The second-order valence-corrected chi connectivity index (χ2v) is 15.6. The zero-order valence-corrected chi connectivity index (χ0v) is 34.5. The fourth-order valence-electron chi connectivity index (χ4n) is 6.84. The van der Waals surface area contributed by atoms with Crippen LogP contribution in [0.4, 0.5) is 14.9 Å². The molecule has 0 bridgehead atoms. The number of fused-ring (bicyclic) bond motifs is 1. The van der Waals surface area contributed by atoms with Crippen LogP contribution in [0.25, 0.3) is 10.9 Å². The van der Waals surface area contributed by atoms with Gasteiger partial charge in [0.15, 0.2) is 17.3 Å². The van der Waals surface area contributed by atoms with Gasteiger partial charge in [0.05, 0.1) is 23.7 Å². The Balaban J connectivity index is 1.50. The number of unbranched alkanes of at least 4 members (excludes halogenated alkanes) is 2. The van der Waals surface area contributed by atoms with Crippen LogP contribution in [0.3, 0.4) is 0 Å². The van der Waals surface area contributed by atoms with Crippen molar-refractivity contribution in [3.8, 4) is 36.2 Å². The van der Waals surface area contributed by atoms with E-state index in [9.17, 15) is 24.0 Å². The number of ether oxygens (including phenoxy) is 5. The number of terminal acetylenes is 2. The van der Waals surface area contributed by atoms with Crippen LogP contribution < -0.4 is 19.8 Å². The highest BCUT2D eigenvalue weighted by atomic mass is 19.1. The molecule has 314 valence electrons. The quantitative estimate of drug-likeness (QED) is 0.0708. The summed E-state index contributed by atoms with van der Waals surface area (Å²) in [6, 6.07) is 0.642. The molecule has 59 heavy (non-hydrogen) atoms. The first kappa shape index (κ1) is 44.0. The van der Waals surface area contributed by atoms with Crippen LogP contribution in [0.2, 0.25) is 0 Å². The lowest BCUT2D eigenvalue weighted by molar-refractivity contribution is -0.146. The SMILES string of the molecule is C#CCCCC(=O)OCc1cnc(C)c(OC(=O)c2cn(C3CC3)c3c(OC)c(N4CCN(C(=O)OC(C)(C)C)C(C)C4)c(F)cc3c2=O)c1COC(=O)CCCC#C. The zero-order valence-electron chi connectivity index (χ0n) is 34.5. The second kappa shape index (κ2) is 19.1. The second-order valence-electron chi connectivity index (χ2n) is 15.6. The number of rotatable bonds is 15. The van der Waals surface area contributed by atoms with Gasteiger partial charge in [-0.05, 0) is 66.4 Å². The first-order valence-electron chi connectivity index (χ1n) is 19.7. The van der Waals surface area contributed by atoms with E-state index in [0.717, 1.165) is 18.9 Å². The maximum Gasteiger partial charge on any atom is 0.410 e. The molecular formula is C44H51FN4O10. The molecule has 2 aromatic heterocycles. The van der Waals surface area contributed by atoms with E-state index >= 15 is 4.39 Å². The van der Waals surface area contributed by atoms with Crippen molar-refractivity contribution < 1.29 is 47.3 Å². The lowest BCUT2D eigenvalue weighted by Crippen LogP contribution is -2.55. The molecule has 1 aromatic carbocycles. The molecule has 1 aliphatic carbocycles. The van der Waals surface area contributed by atoms with Gasteiger partial charge in [-0.15, -0.1) is 24.7 Å². The number of methoxy groups -OCH3 is 1. The van der Waals surface area contributed by atoms with Crippen LogP contribution in [0, 0.1) is 37.4 Å². The first-order valence-corrected chi connectivity index (χ1v) is 19.7. The monoisotopic (exact) mass is 814 g/mol. The summed E-state index contributed by atoms with van der Waals surface area (Å²) in [5.74, 6) is 2.09. The molecule has 2 aliphatic rings. The van der Waals surface area contributed by atoms with Crippen molar-refractivity contribution in [3.63, 3.8) is 0 Å². The highest BCUT2D eigenvalue weighted by Gasteiger charge is 2.36. The highest BCUT2D eigenvalue weighted by molar-refractivity contribution is 5.98. The molecule has 1 aliphatic heterocycles. The number of aromatic nitrogens is 2. The standard InChI is InChI=1S/C44H51FN4O10/c1-9-11-13-15-35(50)56-25-29-22-46-28(4)40(33(29)26-57-36(51)16-14-12-10-2)58-42(53)32-24-49(30-17-18-30)37-31(39(32)52)21-34(45)38(41(37)55-8)47-19-20-48(27(3)23-47)43(54)59-44(5,6)7/h1-2,21-22,24,27,30H,11-20,23,25-26H2,3-8H3. The lowest BCUT2D eigenvalue weighted by Gasteiger charge is -2.41. The number of pyridine rings is 2. The van der Waals surface area contributed by atoms with E-state index in [-0.39, 0.29) is 97.2 Å². The Morgan fingerprint density at radius 2 is 1.63 bits per heavy atom. The lowest BCUT2D eigenvalue weighted by atomic mass is 10.1. The summed E-state index contributed by atoms with van der Waals surface area (Å²) in [4.78, 5) is 74.0. The van der Waals surface area contributed by atoms with E-state index in [2.05, 4.69) is 16.8 Å². The van der Waals surface area contributed by atoms with Crippen LogP contribution in [-0.2, 0) is 37.0 Å². The number of piperazine rings is 1. The van der Waals surface area contributed by atoms with Gasteiger partial charge in [-0.1, -0.05) is 0 Å². The molecule has 1 amide bonds. The van der Waals surface area contributed by atoms with E-state index < -0.39 is 40.8 Å². The fourth-order valence-corrected chi connectivity index (χ4v) is 6.84. The number of benzene rings is 1. The molecule has 1 atom stereocenters. The highest BCUT2D eigenvalue weighted by Crippen LogP contribution is 2.44. The maximum absolute atomic E-state index is 16.4. The normalized spacial score (nSPS) is 15.2. The van der Waals surface area contributed by atoms with Crippen molar-refractivity contribution in [2.45, 2.75) is 117 Å². The van der Waals surface area contributed by atoms with Crippen LogP contribution in [0.5, 0.6) is 11.5 Å². The van der Waals surface area contributed by atoms with Gasteiger partial charge < -0.3 is 38.1 Å².